The zero-order valence-electron chi connectivity index (χ0n) is 12.0. The van der Waals surface area contributed by atoms with Crippen LogP contribution in [0.15, 0.2) is 18.2 Å². The van der Waals surface area contributed by atoms with E-state index in [1.165, 1.54) is 0 Å². The summed E-state index contributed by atoms with van der Waals surface area (Å²) in [6, 6.07) is 5.65. The van der Waals surface area contributed by atoms with E-state index in [1.54, 1.807) is 25.8 Å². The number of aliphatic carboxylic acids is 1. The third kappa shape index (κ3) is 2.76. The van der Waals surface area contributed by atoms with E-state index < -0.39 is 11.6 Å². The molecule has 1 aliphatic heterocycles. The molecule has 2 rings (SSSR count). The zero-order valence-corrected chi connectivity index (χ0v) is 12.0. The van der Waals surface area contributed by atoms with Crippen LogP contribution in [-0.2, 0) is 16.0 Å². The van der Waals surface area contributed by atoms with Gasteiger partial charge in [-0.2, -0.15) is 0 Å². The monoisotopic (exact) mass is 277 g/mol. The smallest absolute Gasteiger partial charge is 0.303 e. The number of ether oxygens (including phenoxy) is 1. The van der Waals surface area contributed by atoms with Gasteiger partial charge < -0.3 is 14.7 Å². The number of hydrogen-bond acceptors (Lipinski definition) is 3. The topological polar surface area (TPSA) is 66.8 Å². The van der Waals surface area contributed by atoms with Crippen LogP contribution in [-0.4, -0.2) is 29.6 Å². The lowest BCUT2D eigenvalue weighted by atomic mass is 10.0. The predicted molar refractivity (Wildman–Crippen MR) is 75.1 cm³/mol. The lowest BCUT2D eigenvalue weighted by Crippen LogP contribution is -2.50. The molecular weight excluding hydrogens is 258 g/mol. The van der Waals surface area contributed by atoms with Crippen molar-refractivity contribution in [2.24, 2.45) is 0 Å². The molecule has 0 radical (unpaired) electrons. The molecule has 20 heavy (non-hydrogen) atoms. The minimum absolute atomic E-state index is 0.0901. The van der Waals surface area contributed by atoms with Crippen molar-refractivity contribution in [2.45, 2.75) is 38.7 Å². The van der Waals surface area contributed by atoms with E-state index in [-0.39, 0.29) is 12.3 Å². The van der Waals surface area contributed by atoms with Gasteiger partial charge in [0.1, 0.15) is 5.75 Å². The second-order valence-corrected chi connectivity index (χ2v) is 5.53. The summed E-state index contributed by atoms with van der Waals surface area (Å²) in [6.07, 6.45) is 1.40. The summed E-state index contributed by atoms with van der Waals surface area (Å²) >= 11 is 0. The highest BCUT2D eigenvalue weighted by atomic mass is 16.5. The maximum absolute atomic E-state index is 12.1. The summed E-state index contributed by atoms with van der Waals surface area (Å²) in [5, 5.41) is 8.65. The van der Waals surface area contributed by atoms with Crippen LogP contribution in [0.25, 0.3) is 0 Å². The number of aryl methyl sites for hydroxylation is 1. The molecule has 1 aromatic carbocycles. The van der Waals surface area contributed by atoms with Crippen molar-refractivity contribution >= 4 is 17.6 Å². The second kappa shape index (κ2) is 5.15. The average molecular weight is 277 g/mol. The van der Waals surface area contributed by atoms with Gasteiger partial charge in [0.2, 0.25) is 0 Å². The third-order valence-electron chi connectivity index (χ3n) is 3.43. The first-order valence-corrected chi connectivity index (χ1v) is 6.63. The maximum atomic E-state index is 12.1. The first-order chi connectivity index (χ1) is 9.31. The molecule has 0 aliphatic carbocycles. The summed E-state index contributed by atoms with van der Waals surface area (Å²) < 4.78 is 5.71. The fraction of sp³-hybridized carbons (Fsp3) is 0.467. The van der Waals surface area contributed by atoms with Gasteiger partial charge in [0.15, 0.2) is 5.60 Å². The Bertz CT molecular complexity index is 551. The van der Waals surface area contributed by atoms with Crippen LogP contribution in [0.2, 0.25) is 0 Å². The van der Waals surface area contributed by atoms with Gasteiger partial charge >= 0.3 is 5.97 Å². The van der Waals surface area contributed by atoms with Gasteiger partial charge in [0, 0.05) is 13.5 Å². The van der Waals surface area contributed by atoms with Gasteiger partial charge in [0.05, 0.1) is 5.69 Å². The minimum atomic E-state index is -0.855. The van der Waals surface area contributed by atoms with E-state index in [0.717, 1.165) is 11.3 Å². The van der Waals surface area contributed by atoms with Crippen LogP contribution >= 0.6 is 0 Å². The SMILES string of the molecule is CN1C(=O)C(C)(C)Oc2ccc(CCCC(=O)O)cc21. The molecular formula is C15H19NO4. The molecule has 0 unspecified atom stereocenters. The van der Waals surface area contributed by atoms with Crippen molar-refractivity contribution in [3.63, 3.8) is 0 Å². The molecule has 0 saturated heterocycles. The second-order valence-electron chi connectivity index (χ2n) is 5.53. The number of carbonyl (C=O) groups excluding carboxylic acids is 1. The Morgan fingerprint density at radius 1 is 1.40 bits per heavy atom. The van der Waals surface area contributed by atoms with Crippen molar-refractivity contribution in [3.05, 3.63) is 23.8 Å². The van der Waals surface area contributed by atoms with Crippen LogP contribution < -0.4 is 9.64 Å². The van der Waals surface area contributed by atoms with E-state index >= 15 is 0 Å². The van der Waals surface area contributed by atoms with E-state index in [1.807, 2.05) is 18.2 Å². The lowest BCUT2D eigenvalue weighted by Gasteiger charge is -2.37. The van der Waals surface area contributed by atoms with Gasteiger partial charge in [-0.1, -0.05) is 6.07 Å². The summed E-state index contributed by atoms with van der Waals surface area (Å²) in [4.78, 5) is 24.3. The highest BCUT2D eigenvalue weighted by Gasteiger charge is 2.39. The number of carboxylic acid groups (broad SMARTS) is 1. The van der Waals surface area contributed by atoms with Crippen LogP contribution in [0, 0.1) is 0 Å². The van der Waals surface area contributed by atoms with E-state index in [4.69, 9.17) is 9.84 Å². The molecule has 0 saturated carbocycles. The Labute approximate surface area is 118 Å². The number of anilines is 1. The summed E-state index contributed by atoms with van der Waals surface area (Å²) in [6.45, 7) is 3.49. The Balaban J connectivity index is 2.19. The third-order valence-corrected chi connectivity index (χ3v) is 3.43. The molecule has 0 bridgehead atoms. The molecule has 108 valence electrons. The van der Waals surface area contributed by atoms with Crippen molar-refractivity contribution in [1.82, 2.24) is 0 Å². The molecule has 5 heteroatoms. The molecule has 0 aromatic heterocycles. The largest absolute Gasteiger partial charge is 0.481 e. The van der Waals surface area contributed by atoms with Crippen molar-refractivity contribution < 1.29 is 19.4 Å². The Morgan fingerprint density at radius 3 is 2.75 bits per heavy atom. The van der Waals surface area contributed by atoms with Gasteiger partial charge in [-0.05, 0) is 44.4 Å². The quantitative estimate of drug-likeness (QED) is 0.916. The van der Waals surface area contributed by atoms with E-state index in [9.17, 15) is 9.59 Å². The Kier molecular flexibility index (Phi) is 3.70. The number of amides is 1. The molecule has 1 aliphatic rings. The average Bonchev–Trinajstić information content (AvgIpc) is 2.36. The Hall–Kier alpha value is -2.04. The number of fused-ring (bicyclic) bond motifs is 1. The number of hydrogen-bond donors (Lipinski definition) is 1. The van der Waals surface area contributed by atoms with Crippen LogP contribution in [0.3, 0.4) is 0 Å². The van der Waals surface area contributed by atoms with Gasteiger partial charge in [0.25, 0.3) is 5.91 Å². The number of carbonyl (C=O) groups is 2. The summed E-state index contributed by atoms with van der Waals surface area (Å²) in [5.74, 6) is -0.202. The molecule has 0 spiro atoms. The first kappa shape index (κ1) is 14.4. The number of benzene rings is 1. The van der Waals surface area contributed by atoms with Gasteiger partial charge in [-0.15, -0.1) is 0 Å². The normalized spacial score (nSPS) is 16.6. The highest BCUT2D eigenvalue weighted by molar-refractivity contribution is 6.01. The van der Waals surface area contributed by atoms with E-state index in [2.05, 4.69) is 0 Å². The fourth-order valence-corrected chi connectivity index (χ4v) is 2.34. The van der Waals surface area contributed by atoms with Crippen molar-refractivity contribution in [3.8, 4) is 5.75 Å². The lowest BCUT2D eigenvalue weighted by molar-refractivity contribution is -0.137. The maximum Gasteiger partial charge on any atom is 0.303 e. The standard InChI is InChI=1S/C15H19NO4/c1-15(2)14(19)16(3)11-9-10(5-4-6-13(17)18)7-8-12(11)20-15/h7-9H,4-6H2,1-3H3,(H,17,18). The molecule has 1 N–H and O–H groups in total. The number of nitrogens with zero attached hydrogens (tertiary/aromatic N) is 1. The summed E-state index contributed by atoms with van der Waals surface area (Å²) in [7, 11) is 1.73. The highest BCUT2D eigenvalue weighted by Crippen LogP contribution is 2.37. The molecule has 5 nitrogen and oxygen atoms in total. The predicted octanol–water partition coefficient (Wildman–Crippen LogP) is 2.23. The molecule has 0 atom stereocenters. The fourth-order valence-electron chi connectivity index (χ4n) is 2.34. The van der Waals surface area contributed by atoms with Gasteiger partial charge in [-0.25, -0.2) is 0 Å². The van der Waals surface area contributed by atoms with Crippen LogP contribution in [0.5, 0.6) is 5.75 Å². The van der Waals surface area contributed by atoms with Crippen LogP contribution in [0.1, 0.15) is 32.3 Å². The Morgan fingerprint density at radius 2 is 2.10 bits per heavy atom. The molecule has 1 aromatic rings. The van der Waals surface area contributed by atoms with Crippen LogP contribution in [0.4, 0.5) is 5.69 Å². The van der Waals surface area contributed by atoms with Crippen molar-refractivity contribution in [1.29, 1.82) is 0 Å². The number of rotatable bonds is 4. The number of likely N-dealkylation sites (N-methyl/N-ethyl adjacent to an activating group) is 1. The molecule has 0 fully saturated rings. The molecule has 1 amide bonds. The first-order valence-electron chi connectivity index (χ1n) is 6.63. The van der Waals surface area contributed by atoms with Crippen molar-refractivity contribution in [2.75, 3.05) is 11.9 Å². The zero-order chi connectivity index (χ0) is 14.9. The van der Waals surface area contributed by atoms with Gasteiger partial charge in [-0.3, -0.25) is 9.59 Å². The summed E-state index contributed by atoms with van der Waals surface area (Å²) in [5.41, 5.74) is 0.891. The van der Waals surface area contributed by atoms with E-state index in [0.29, 0.717) is 18.6 Å². The molecule has 1 heterocycles. The number of carboxylic acids is 1. The minimum Gasteiger partial charge on any atom is -0.481 e.